The fourth-order valence-corrected chi connectivity index (χ4v) is 32.0. The predicted molar refractivity (Wildman–Crippen MR) is 444 cm³/mol. The van der Waals surface area contributed by atoms with Gasteiger partial charge in [0.05, 0.1) is 0 Å². The standard InChI is InChI=1S/C99H78Si3/c1-73(97(82-46-22-7-23-47-82)94-70-91(79-40-16-4-17-41-79)100(94,85-52-28-10-29-53-85)86-54-30-11-31-55-86)64-76-67-77(65-74(2)98(83-48-24-8-25-49-83)95-71-92(80-42-18-5-19-43-80)101(95,87-56-32-12-33-57-87)88-58-34-13-35-59-88)69-78(68-76)66-75(3)99(84-50-26-9-27-51-84)96-72-93(81-44-20-6-21-45-81)102(96,89-60-36-14-37-61-89)90-62-38-15-39-63-90/h4-72H,1-3H3/b73-64+,74-65+,75-66+,97-94-,98-95-,99-96+. The lowest BCUT2D eigenvalue weighted by Gasteiger charge is -2.45. The summed E-state index contributed by atoms with van der Waals surface area (Å²) in [6.45, 7) is 7.08. The zero-order valence-electron chi connectivity index (χ0n) is 57.8. The van der Waals surface area contributed by atoms with Gasteiger partial charge >= 0.3 is 0 Å². The number of hydrogen-bond donors (Lipinski definition) is 0. The number of allylic oxidation sites excluding steroid dienone is 12. The molecule has 3 aliphatic rings. The van der Waals surface area contributed by atoms with E-state index in [9.17, 15) is 0 Å². The first-order valence-electron chi connectivity index (χ1n) is 35.6. The maximum absolute atomic E-state index is 2.90. The summed E-state index contributed by atoms with van der Waals surface area (Å²) in [5, 5.41) is 16.7. The summed E-state index contributed by atoms with van der Waals surface area (Å²) >= 11 is 0. The summed E-state index contributed by atoms with van der Waals surface area (Å²) in [6.07, 6.45) is 15.1. The fraction of sp³-hybridized carbons (Fsp3) is 0.0303. The molecule has 3 heterocycles. The van der Waals surface area contributed by atoms with Crippen molar-refractivity contribution < 1.29 is 0 Å². The third kappa shape index (κ3) is 11.6. The van der Waals surface area contributed by atoms with Crippen LogP contribution in [-0.4, -0.2) is 24.2 Å². The molecule has 0 atom stereocenters. The Morgan fingerprint density at radius 3 is 0.559 bits per heavy atom. The van der Waals surface area contributed by atoms with Crippen LogP contribution in [0.15, 0.2) is 433 Å². The SMILES string of the molecule is CC(=C\c1cc(/C=C(C)/C(=C2\C=C(c3ccccc3)[Si]2(c2ccccc2)c2ccccc2)c2ccccc2)cc(/C=C(C)/C(=C2/C=C(c3ccccc3)[Si]2(c2ccccc2)c2ccccc2)c2ccccc2)c1)/C(=C1\C=C(c2ccccc2)[Si]1(c1ccccc1)c1ccccc1)c1ccccc1. The van der Waals surface area contributed by atoms with Crippen molar-refractivity contribution in [3.8, 4) is 0 Å². The van der Waals surface area contributed by atoms with Gasteiger partial charge in [0.1, 0.15) is 0 Å². The van der Waals surface area contributed by atoms with E-state index in [4.69, 9.17) is 0 Å². The van der Waals surface area contributed by atoms with Crippen molar-refractivity contribution in [1.29, 1.82) is 0 Å². The van der Waals surface area contributed by atoms with Gasteiger partial charge in [0.15, 0.2) is 24.2 Å². The lowest BCUT2D eigenvalue weighted by molar-refractivity contribution is 1.45. The summed E-state index contributed by atoms with van der Waals surface area (Å²) < 4.78 is 0. The highest BCUT2D eigenvalue weighted by molar-refractivity contribution is 7.24. The molecule has 3 heteroatoms. The Bertz CT molecular complexity index is 4800. The van der Waals surface area contributed by atoms with Gasteiger partial charge < -0.3 is 0 Å². The summed E-state index contributed by atoms with van der Waals surface area (Å²) in [5.74, 6) is 0. The minimum atomic E-state index is -2.90. The Labute approximate surface area is 605 Å². The molecule has 0 aromatic heterocycles. The number of hydrogen-bond acceptors (Lipinski definition) is 0. The molecule has 0 unspecified atom stereocenters. The van der Waals surface area contributed by atoms with Gasteiger partial charge in [-0.05, 0) is 185 Å². The topological polar surface area (TPSA) is 0 Å². The Hall–Kier alpha value is -11.8. The van der Waals surface area contributed by atoms with E-state index >= 15 is 0 Å². The highest BCUT2D eigenvalue weighted by atomic mass is 28.3. The molecular weight excluding hydrogens is 1270 g/mol. The molecule has 0 amide bonds. The normalized spacial score (nSPS) is 16.7. The predicted octanol–water partition coefficient (Wildman–Crippen LogP) is 20.6. The Balaban J connectivity index is 0.970. The first-order chi connectivity index (χ1) is 50.3. The van der Waals surface area contributed by atoms with Crippen molar-refractivity contribution >= 4 is 106 Å². The Morgan fingerprint density at radius 2 is 0.373 bits per heavy atom. The summed E-state index contributed by atoms with van der Waals surface area (Å²) in [5.41, 5.74) is 18.2. The van der Waals surface area contributed by atoms with Crippen LogP contribution < -0.4 is 31.1 Å². The van der Waals surface area contributed by atoms with Crippen molar-refractivity contribution in [2.24, 2.45) is 0 Å². The number of benzene rings is 13. The van der Waals surface area contributed by atoms with Crippen LogP contribution in [0.1, 0.15) is 70.8 Å². The molecule has 0 nitrogen and oxygen atoms in total. The average molecular weight is 1350 g/mol. The third-order valence-corrected chi connectivity index (χ3v) is 35.6. The van der Waals surface area contributed by atoms with Gasteiger partial charge in [0, 0.05) is 0 Å². The molecule has 0 fully saturated rings. The molecule has 3 aliphatic heterocycles. The fourth-order valence-electron chi connectivity index (χ4n) is 16.8. The highest BCUT2D eigenvalue weighted by Gasteiger charge is 2.55. The van der Waals surface area contributed by atoms with Gasteiger partial charge in [-0.2, -0.15) is 0 Å². The van der Waals surface area contributed by atoms with E-state index in [1.165, 1.54) is 129 Å². The third-order valence-electron chi connectivity index (χ3n) is 21.1. The maximum Gasteiger partial charge on any atom is 0.180 e. The van der Waals surface area contributed by atoms with Gasteiger partial charge in [-0.3, -0.25) is 0 Å². The maximum atomic E-state index is 2.54. The molecule has 0 bridgehead atoms. The summed E-state index contributed by atoms with van der Waals surface area (Å²) in [7, 11) is -8.70. The van der Waals surface area contributed by atoms with E-state index in [2.05, 4.69) is 439 Å². The summed E-state index contributed by atoms with van der Waals surface area (Å²) in [4.78, 5) is 0. The second kappa shape index (κ2) is 28.4. The van der Waals surface area contributed by atoms with Crippen LogP contribution in [0.4, 0.5) is 0 Å². The molecule has 0 saturated heterocycles. The molecule has 0 spiro atoms. The lowest BCUT2D eigenvalue weighted by Crippen LogP contribution is -2.65. The zero-order chi connectivity index (χ0) is 68.9. The lowest BCUT2D eigenvalue weighted by atomic mass is 9.92. The molecule has 0 aliphatic carbocycles. The van der Waals surface area contributed by atoms with Gasteiger partial charge in [-0.15, -0.1) is 0 Å². The van der Waals surface area contributed by atoms with Crippen LogP contribution in [0.25, 0.3) is 50.5 Å². The second-order valence-corrected chi connectivity index (χ2v) is 38.3. The Morgan fingerprint density at radius 1 is 0.206 bits per heavy atom. The minimum Gasteiger partial charge on any atom is -0.0623 e. The number of rotatable bonds is 18. The van der Waals surface area contributed by atoms with E-state index in [-0.39, 0.29) is 0 Å². The first-order valence-corrected chi connectivity index (χ1v) is 41.6. The molecule has 486 valence electrons. The van der Waals surface area contributed by atoms with Crippen LogP contribution in [0.5, 0.6) is 0 Å². The molecule has 0 saturated carbocycles. The van der Waals surface area contributed by atoms with Crippen molar-refractivity contribution in [1.82, 2.24) is 0 Å². The second-order valence-electron chi connectivity index (χ2n) is 27.1. The van der Waals surface area contributed by atoms with E-state index in [0.717, 1.165) is 16.7 Å². The van der Waals surface area contributed by atoms with Gasteiger partial charge in [-0.25, -0.2) is 0 Å². The van der Waals surface area contributed by atoms with Gasteiger partial charge in [0.2, 0.25) is 0 Å². The average Bonchev–Trinajstić information content (AvgIpc) is 0.706. The van der Waals surface area contributed by atoms with Crippen LogP contribution in [0.2, 0.25) is 0 Å². The molecule has 13 aromatic carbocycles. The van der Waals surface area contributed by atoms with Crippen LogP contribution in [-0.2, 0) is 0 Å². The van der Waals surface area contributed by atoms with Crippen LogP contribution in [0, 0.1) is 0 Å². The Kier molecular flexibility index (Phi) is 18.1. The van der Waals surface area contributed by atoms with Gasteiger partial charge in [0.25, 0.3) is 0 Å². The van der Waals surface area contributed by atoms with Crippen molar-refractivity contribution in [3.05, 3.63) is 483 Å². The van der Waals surface area contributed by atoms with Crippen molar-refractivity contribution in [3.63, 3.8) is 0 Å². The van der Waals surface area contributed by atoms with Crippen molar-refractivity contribution in [2.45, 2.75) is 20.8 Å². The largest absolute Gasteiger partial charge is 0.180 e. The molecule has 16 rings (SSSR count). The quantitative estimate of drug-likeness (QED) is 0.0751. The molecular formula is C99H78Si3. The monoisotopic (exact) mass is 1350 g/mol. The molecule has 0 radical (unpaired) electrons. The molecule has 0 N–H and O–H groups in total. The van der Waals surface area contributed by atoms with E-state index in [1.807, 2.05) is 0 Å². The first kappa shape index (κ1) is 64.8. The van der Waals surface area contributed by atoms with E-state index in [1.54, 1.807) is 0 Å². The van der Waals surface area contributed by atoms with Crippen LogP contribution >= 0.6 is 0 Å². The molecule has 102 heavy (non-hydrogen) atoms. The zero-order valence-corrected chi connectivity index (χ0v) is 60.8. The molecule has 13 aromatic rings. The minimum absolute atomic E-state index is 1.13. The van der Waals surface area contributed by atoms with E-state index < -0.39 is 24.2 Å². The van der Waals surface area contributed by atoms with E-state index in [0.29, 0.717) is 0 Å². The van der Waals surface area contributed by atoms with Gasteiger partial charge in [-0.1, -0.05) is 400 Å². The van der Waals surface area contributed by atoms with Crippen molar-refractivity contribution in [2.75, 3.05) is 0 Å². The van der Waals surface area contributed by atoms with Crippen LogP contribution in [0.3, 0.4) is 0 Å². The smallest absolute Gasteiger partial charge is 0.0623 e. The highest BCUT2D eigenvalue weighted by Crippen LogP contribution is 2.51. The summed E-state index contributed by atoms with van der Waals surface area (Å²) in [6, 6.07) is 143.